The number of nitrogens with zero attached hydrogens (tertiary/aromatic N) is 6. The summed E-state index contributed by atoms with van der Waals surface area (Å²) in [6, 6.07) is 2.45. The molecule has 0 fully saturated rings. The first-order chi connectivity index (χ1) is 15.6. The molecule has 0 radical (unpaired) electrons. The maximum atomic E-state index is 12.9. The highest BCUT2D eigenvalue weighted by Crippen LogP contribution is 2.30. The first kappa shape index (κ1) is 22.5. The molecule has 0 bridgehead atoms. The number of aryl methyl sites for hydroxylation is 2. The van der Waals surface area contributed by atoms with E-state index in [4.69, 9.17) is 0 Å². The van der Waals surface area contributed by atoms with Crippen molar-refractivity contribution in [1.29, 1.82) is 0 Å². The SMILES string of the molecule is CCc1nc(C(F)(F)F)ccc1Cn1cc(CNc2nc(C)c3c(n2)N(C)CC(=O)N3)cn1. The van der Waals surface area contributed by atoms with Gasteiger partial charge < -0.3 is 15.5 Å². The van der Waals surface area contributed by atoms with Gasteiger partial charge in [0.1, 0.15) is 11.4 Å². The van der Waals surface area contributed by atoms with E-state index in [0.29, 0.717) is 53.9 Å². The second-order valence-corrected chi connectivity index (χ2v) is 7.79. The van der Waals surface area contributed by atoms with E-state index < -0.39 is 11.9 Å². The summed E-state index contributed by atoms with van der Waals surface area (Å²) in [4.78, 5) is 26.2. The molecule has 0 spiro atoms. The molecule has 9 nitrogen and oxygen atoms in total. The van der Waals surface area contributed by atoms with Crippen molar-refractivity contribution in [2.45, 2.75) is 39.5 Å². The summed E-state index contributed by atoms with van der Waals surface area (Å²) in [6.45, 7) is 4.50. The van der Waals surface area contributed by atoms with Gasteiger partial charge in [-0.25, -0.2) is 9.97 Å². The Balaban J connectivity index is 1.45. The van der Waals surface area contributed by atoms with Crippen molar-refractivity contribution in [3.8, 4) is 0 Å². The van der Waals surface area contributed by atoms with Crippen molar-refractivity contribution >= 4 is 23.4 Å². The molecule has 1 aliphatic heterocycles. The first-order valence-corrected chi connectivity index (χ1v) is 10.3. The van der Waals surface area contributed by atoms with Gasteiger partial charge in [-0.2, -0.15) is 23.3 Å². The molecule has 174 valence electrons. The molecule has 0 aliphatic carbocycles. The Labute approximate surface area is 188 Å². The van der Waals surface area contributed by atoms with E-state index in [1.165, 1.54) is 6.07 Å². The summed E-state index contributed by atoms with van der Waals surface area (Å²) in [5.41, 5.74) is 2.30. The highest BCUT2D eigenvalue weighted by Gasteiger charge is 2.32. The molecule has 2 N–H and O–H groups in total. The van der Waals surface area contributed by atoms with Gasteiger partial charge in [0.2, 0.25) is 11.9 Å². The number of pyridine rings is 1. The lowest BCUT2D eigenvalue weighted by atomic mass is 10.1. The molecule has 4 rings (SSSR count). The van der Waals surface area contributed by atoms with Crippen molar-refractivity contribution in [3.63, 3.8) is 0 Å². The molecule has 1 amide bonds. The zero-order chi connectivity index (χ0) is 23.8. The van der Waals surface area contributed by atoms with Crippen molar-refractivity contribution in [1.82, 2.24) is 24.7 Å². The summed E-state index contributed by atoms with van der Waals surface area (Å²) in [7, 11) is 1.79. The topological polar surface area (TPSA) is 101 Å². The highest BCUT2D eigenvalue weighted by atomic mass is 19.4. The zero-order valence-electron chi connectivity index (χ0n) is 18.4. The van der Waals surface area contributed by atoms with Gasteiger partial charge in [-0.3, -0.25) is 9.48 Å². The quantitative estimate of drug-likeness (QED) is 0.583. The van der Waals surface area contributed by atoms with E-state index in [1.54, 1.807) is 36.7 Å². The number of fused-ring (bicyclic) bond motifs is 1. The fourth-order valence-electron chi connectivity index (χ4n) is 3.61. The number of nitrogens with one attached hydrogen (secondary N) is 2. The lowest BCUT2D eigenvalue weighted by Crippen LogP contribution is -2.36. The lowest BCUT2D eigenvalue weighted by Gasteiger charge is -2.27. The smallest absolute Gasteiger partial charge is 0.350 e. The highest BCUT2D eigenvalue weighted by molar-refractivity contribution is 6.00. The van der Waals surface area contributed by atoms with Crippen LogP contribution in [0.4, 0.5) is 30.6 Å². The Hall–Kier alpha value is -3.70. The van der Waals surface area contributed by atoms with E-state index in [1.807, 2.05) is 6.20 Å². The molecule has 0 saturated carbocycles. The Morgan fingerprint density at radius 2 is 2.00 bits per heavy atom. The molecule has 33 heavy (non-hydrogen) atoms. The number of carbonyl (C=O) groups excluding carboxylic acids is 1. The van der Waals surface area contributed by atoms with Gasteiger partial charge in [0.15, 0.2) is 5.82 Å². The van der Waals surface area contributed by atoms with Gasteiger partial charge in [-0.15, -0.1) is 0 Å². The predicted octanol–water partition coefficient (Wildman–Crippen LogP) is 3.01. The van der Waals surface area contributed by atoms with Crippen LogP contribution < -0.4 is 15.5 Å². The fraction of sp³-hybridized carbons (Fsp3) is 0.381. The maximum Gasteiger partial charge on any atom is 0.433 e. The molecule has 12 heteroatoms. The third kappa shape index (κ3) is 4.89. The number of amides is 1. The molecular weight excluding hydrogens is 437 g/mol. The summed E-state index contributed by atoms with van der Waals surface area (Å²) >= 11 is 0. The minimum absolute atomic E-state index is 0.112. The van der Waals surface area contributed by atoms with Crippen LogP contribution in [0, 0.1) is 6.92 Å². The van der Waals surface area contributed by atoms with E-state index in [-0.39, 0.29) is 12.5 Å². The van der Waals surface area contributed by atoms with Gasteiger partial charge in [-0.1, -0.05) is 13.0 Å². The molecule has 0 unspecified atom stereocenters. The summed E-state index contributed by atoms with van der Waals surface area (Å²) in [5, 5.41) is 10.3. The van der Waals surface area contributed by atoms with Crippen LogP contribution >= 0.6 is 0 Å². The first-order valence-electron chi connectivity index (χ1n) is 10.3. The Morgan fingerprint density at radius 1 is 1.21 bits per heavy atom. The van der Waals surface area contributed by atoms with Gasteiger partial charge in [0, 0.05) is 31.0 Å². The normalized spacial score (nSPS) is 13.6. The number of hydrogen-bond donors (Lipinski definition) is 2. The van der Waals surface area contributed by atoms with Gasteiger partial charge in [-0.05, 0) is 25.0 Å². The number of anilines is 3. The molecule has 4 heterocycles. The molecule has 3 aromatic heterocycles. The molecule has 1 aliphatic rings. The Kier molecular flexibility index (Phi) is 5.91. The van der Waals surface area contributed by atoms with E-state index in [9.17, 15) is 18.0 Å². The molecule has 0 atom stereocenters. The molecule has 0 saturated heterocycles. The third-order valence-electron chi connectivity index (χ3n) is 5.24. The predicted molar refractivity (Wildman–Crippen MR) is 116 cm³/mol. The Morgan fingerprint density at radius 3 is 2.73 bits per heavy atom. The number of rotatable bonds is 6. The minimum Gasteiger partial charge on any atom is -0.350 e. The maximum absolute atomic E-state index is 12.9. The summed E-state index contributed by atoms with van der Waals surface area (Å²) in [5.74, 6) is 0.948. The average molecular weight is 460 g/mol. The van der Waals surface area contributed by atoms with Crippen LogP contribution in [0.25, 0.3) is 0 Å². The Bertz CT molecular complexity index is 1190. The second kappa shape index (κ2) is 8.68. The summed E-state index contributed by atoms with van der Waals surface area (Å²) < 4.78 is 40.4. The lowest BCUT2D eigenvalue weighted by molar-refractivity contribution is -0.141. The molecular formula is C21H23F3N8O. The van der Waals surface area contributed by atoms with Crippen LogP contribution in [-0.2, 0) is 30.5 Å². The van der Waals surface area contributed by atoms with Gasteiger partial charge in [0.05, 0.1) is 25.0 Å². The number of halogens is 3. The largest absolute Gasteiger partial charge is 0.433 e. The number of alkyl halides is 3. The van der Waals surface area contributed by atoms with E-state index in [2.05, 4.69) is 30.7 Å². The van der Waals surface area contributed by atoms with Crippen LogP contribution in [0.15, 0.2) is 24.5 Å². The standard InChI is InChI=1S/C21H23F3N8O/c1-4-15-14(5-6-16(28-15)21(22,23)24)10-32-9-13(8-26-32)7-25-20-27-12(2)18-19(30-20)31(3)11-17(33)29-18/h5-6,8-9H,4,7,10-11H2,1-3H3,(H,29,33)(H,25,27,30). The number of hydrogen-bond acceptors (Lipinski definition) is 7. The minimum atomic E-state index is -4.47. The molecule has 3 aromatic rings. The van der Waals surface area contributed by atoms with Crippen molar-refractivity contribution in [3.05, 3.63) is 52.7 Å². The van der Waals surface area contributed by atoms with Crippen molar-refractivity contribution < 1.29 is 18.0 Å². The van der Waals surface area contributed by atoms with Crippen LogP contribution in [0.5, 0.6) is 0 Å². The van der Waals surface area contributed by atoms with Crippen LogP contribution in [0.2, 0.25) is 0 Å². The van der Waals surface area contributed by atoms with E-state index in [0.717, 1.165) is 11.6 Å². The fourth-order valence-corrected chi connectivity index (χ4v) is 3.61. The third-order valence-corrected chi connectivity index (χ3v) is 5.24. The second-order valence-electron chi connectivity index (χ2n) is 7.79. The van der Waals surface area contributed by atoms with Gasteiger partial charge >= 0.3 is 6.18 Å². The van der Waals surface area contributed by atoms with Crippen LogP contribution in [-0.4, -0.2) is 44.2 Å². The van der Waals surface area contributed by atoms with Crippen molar-refractivity contribution in [2.75, 3.05) is 29.1 Å². The summed E-state index contributed by atoms with van der Waals surface area (Å²) in [6.07, 6.45) is -0.598. The van der Waals surface area contributed by atoms with E-state index >= 15 is 0 Å². The number of likely N-dealkylation sites (N-methyl/N-ethyl adjacent to an activating group) is 1. The zero-order valence-corrected chi connectivity index (χ0v) is 18.4. The van der Waals surface area contributed by atoms with Crippen LogP contribution in [0.1, 0.15) is 35.1 Å². The molecule has 0 aromatic carbocycles. The van der Waals surface area contributed by atoms with Crippen molar-refractivity contribution in [2.24, 2.45) is 0 Å². The van der Waals surface area contributed by atoms with Crippen LogP contribution in [0.3, 0.4) is 0 Å². The van der Waals surface area contributed by atoms with Gasteiger partial charge in [0.25, 0.3) is 0 Å². The number of carbonyl (C=O) groups is 1. The average Bonchev–Trinajstić information content (AvgIpc) is 3.20. The monoisotopic (exact) mass is 460 g/mol. The number of aromatic nitrogens is 5.